The number of aromatic nitrogens is 1. The van der Waals surface area contributed by atoms with Crippen LogP contribution in [-0.4, -0.2) is 12.1 Å². The van der Waals surface area contributed by atoms with Gasteiger partial charge in [-0.2, -0.15) is 5.26 Å². The number of ether oxygens (including phenoxy) is 1. The van der Waals surface area contributed by atoms with Gasteiger partial charge in [-0.05, 0) is 12.1 Å². The Bertz CT molecular complexity index is 560. The van der Waals surface area contributed by atoms with Gasteiger partial charge in [0.2, 0.25) is 0 Å². The second kappa shape index (κ2) is 3.54. The molecule has 0 aliphatic rings. The number of hydrogen-bond donors (Lipinski definition) is 0. The predicted octanol–water partition coefficient (Wildman–Crippen LogP) is 2.25. The van der Waals surface area contributed by atoms with Crippen LogP contribution in [0.1, 0.15) is 5.56 Å². The molecule has 0 saturated carbocycles. The number of halogens is 1. The van der Waals surface area contributed by atoms with E-state index in [0.29, 0.717) is 22.2 Å². The molecular weight excluding hydrogens is 195 g/mol. The minimum absolute atomic E-state index is 0.370. The quantitative estimate of drug-likeness (QED) is 0.712. The first-order chi connectivity index (χ1) is 7.24. The third-order valence-electron chi connectivity index (χ3n) is 2.06. The van der Waals surface area contributed by atoms with E-state index in [1.54, 1.807) is 6.07 Å². The van der Waals surface area contributed by atoms with Gasteiger partial charge < -0.3 is 4.74 Å². The number of hydrogen-bond acceptors (Lipinski definition) is 3. The van der Waals surface area contributed by atoms with E-state index >= 15 is 0 Å². The zero-order valence-corrected chi connectivity index (χ0v) is 7.99. The summed E-state index contributed by atoms with van der Waals surface area (Å²) in [6.07, 6.45) is 1.43. The first kappa shape index (κ1) is 9.41. The first-order valence-corrected chi connectivity index (χ1v) is 4.28. The van der Waals surface area contributed by atoms with Gasteiger partial charge in [-0.25, -0.2) is 4.39 Å². The van der Waals surface area contributed by atoms with E-state index in [1.807, 2.05) is 6.07 Å². The smallest absolute Gasteiger partial charge is 0.147 e. The largest absolute Gasteiger partial charge is 0.494 e. The molecule has 0 saturated heterocycles. The van der Waals surface area contributed by atoms with Crippen LogP contribution in [0.5, 0.6) is 5.75 Å². The number of nitriles is 1. The van der Waals surface area contributed by atoms with Gasteiger partial charge in [-0.3, -0.25) is 4.98 Å². The fourth-order valence-corrected chi connectivity index (χ4v) is 1.40. The Morgan fingerprint density at radius 2 is 2.20 bits per heavy atom. The average Bonchev–Trinajstić information content (AvgIpc) is 2.26. The number of benzene rings is 1. The predicted molar refractivity (Wildman–Crippen MR) is 53.0 cm³/mol. The summed E-state index contributed by atoms with van der Waals surface area (Å²) < 4.78 is 18.1. The lowest BCUT2D eigenvalue weighted by Crippen LogP contribution is -1.90. The van der Waals surface area contributed by atoms with Crippen molar-refractivity contribution in [2.75, 3.05) is 7.11 Å². The second-order valence-corrected chi connectivity index (χ2v) is 3.02. The van der Waals surface area contributed by atoms with Crippen molar-refractivity contribution in [2.45, 2.75) is 0 Å². The van der Waals surface area contributed by atoms with E-state index in [9.17, 15) is 4.39 Å². The molecule has 0 spiro atoms. The molecule has 2 aromatic rings. The minimum atomic E-state index is -0.406. The standard InChI is InChI=1S/C11H7FN2O/c1-15-10-4-9(12)3-8-2-7(5-13)6-14-11(8)10/h2-4,6H,1H3. The molecule has 0 amide bonds. The Morgan fingerprint density at radius 3 is 2.87 bits per heavy atom. The molecule has 15 heavy (non-hydrogen) atoms. The third kappa shape index (κ3) is 1.59. The number of rotatable bonds is 1. The van der Waals surface area contributed by atoms with E-state index in [-0.39, 0.29) is 0 Å². The highest BCUT2D eigenvalue weighted by molar-refractivity contribution is 5.85. The molecule has 0 fully saturated rings. The zero-order chi connectivity index (χ0) is 10.8. The van der Waals surface area contributed by atoms with E-state index < -0.39 is 5.82 Å². The molecular formula is C11H7FN2O. The average molecular weight is 202 g/mol. The van der Waals surface area contributed by atoms with Crippen molar-refractivity contribution in [1.82, 2.24) is 4.98 Å². The number of nitrogens with zero attached hydrogens (tertiary/aromatic N) is 2. The summed E-state index contributed by atoms with van der Waals surface area (Å²) in [5, 5.41) is 9.24. The van der Waals surface area contributed by atoms with Crippen molar-refractivity contribution >= 4 is 10.9 Å². The third-order valence-corrected chi connectivity index (χ3v) is 2.06. The molecule has 4 heteroatoms. The Morgan fingerprint density at radius 1 is 1.40 bits per heavy atom. The van der Waals surface area contributed by atoms with Gasteiger partial charge in [0.05, 0.1) is 12.7 Å². The van der Waals surface area contributed by atoms with Crippen molar-refractivity contribution in [3.63, 3.8) is 0 Å². The molecule has 0 bridgehead atoms. The van der Waals surface area contributed by atoms with Gasteiger partial charge in [-0.1, -0.05) is 0 Å². The molecule has 0 aliphatic carbocycles. The molecule has 1 aromatic carbocycles. The maximum Gasteiger partial charge on any atom is 0.147 e. The van der Waals surface area contributed by atoms with Gasteiger partial charge in [-0.15, -0.1) is 0 Å². The summed E-state index contributed by atoms with van der Waals surface area (Å²) in [6, 6.07) is 6.12. The molecule has 0 unspecified atom stereocenters. The molecule has 74 valence electrons. The van der Waals surface area contributed by atoms with Crippen molar-refractivity contribution in [1.29, 1.82) is 5.26 Å². The molecule has 1 aromatic heterocycles. The Balaban J connectivity index is 2.79. The topological polar surface area (TPSA) is 45.9 Å². The lowest BCUT2D eigenvalue weighted by atomic mass is 10.1. The summed E-state index contributed by atoms with van der Waals surface area (Å²) in [6.45, 7) is 0. The molecule has 1 heterocycles. The van der Waals surface area contributed by atoms with Crippen LogP contribution in [0.3, 0.4) is 0 Å². The van der Waals surface area contributed by atoms with Gasteiger partial charge in [0.1, 0.15) is 23.2 Å². The van der Waals surface area contributed by atoms with E-state index in [2.05, 4.69) is 4.98 Å². The monoisotopic (exact) mass is 202 g/mol. The van der Waals surface area contributed by atoms with E-state index in [4.69, 9.17) is 10.00 Å². The van der Waals surface area contributed by atoms with Crippen LogP contribution in [0, 0.1) is 17.1 Å². The van der Waals surface area contributed by atoms with Crippen molar-refractivity contribution < 1.29 is 9.13 Å². The summed E-state index contributed by atoms with van der Waals surface area (Å²) in [5.74, 6) is -0.0364. The van der Waals surface area contributed by atoms with Crippen molar-refractivity contribution in [3.8, 4) is 11.8 Å². The van der Waals surface area contributed by atoms with Gasteiger partial charge in [0.15, 0.2) is 0 Å². The van der Waals surface area contributed by atoms with E-state index in [1.165, 1.54) is 25.4 Å². The Hall–Kier alpha value is -2.15. The van der Waals surface area contributed by atoms with Gasteiger partial charge in [0.25, 0.3) is 0 Å². The van der Waals surface area contributed by atoms with Gasteiger partial charge >= 0.3 is 0 Å². The van der Waals surface area contributed by atoms with Crippen LogP contribution in [0.15, 0.2) is 24.4 Å². The van der Waals surface area contributed by atoms with Crippen LogP contribution in [0.25, 0.3) is 10.9 Å². The highest BCUT2D eigenvalue weighted by Crippen LogP contribution is 2.25. The fraction of sp³-hybridized carbons (Fsp3) is 0.0909. The molecule has 0 N–H and O–H groups in total. The molecule has 0 atom stereocenters. The molecule has 2 rings (SSSR count). The summed E-state index contributed by atoms with van der Waals surface area (Å²) in [7, 11) is 1.45. The fourth-order valence-electron chi connectivity index (χ4n) is 1.40. The Kier molecular flexibility index (Phi) is 2.22. The zero-order valence-electron chi connectivity index (χ0n) is 7.99. The number of methoxy groups -OCH3 is 1. The first-order valence-electron chi connectivity index (χ1n) is 4.28. The molecule has 0 aliphatic heterocycles. The highest BCUT2D eigenvalue weighted by Gasteiger charge is 2.06. The summed E-state index contributed by atoms with van der Waals surface area (Å²) in [4.78, 5) is 4.05. The normalized spacial score (nSPS) is 9.93. The van der Waals surface area contributed by atoms with E-state index in [0.717, 1.165) is 0 Å². The summed E-state index contributed by atoms with van der Waals surface area (Å²) in [5.41, 5.74) is 0.952. The molecule has 3 nitrogen and oxygen atoms in total. The minimum Gasteiger partial charge on any atom is -0.494 e. The van der Waals surface area contributed by atoms with Crippen molar-refractivity contribution in [3.05, 3.63) is 35.8 Å². The lowest BCUT2D eigenvalue weighted by Gasteiger charge is -2.04. The maximum atomic E-state index is 13.1. The SMILES string of the molecule is COc1cc(F)cc2cc(C#N)cnc12. The number of pyridine rings is 1. The lowest BCUT2D eigenvalue weighted by molar-refractivity contribution is 0.415. The van der Waals surface area contributed by atoms with Crippen LogP contribution in [-0.2, 0) is 0 Å². The number of fused-ring (bicyclic) bond motifs is 1. The van der Waals surface area contributed by atoms with Crippen LogP contribution in [0.4, 0.5) is 4.39 Å². The molecule has 0 radical (unpaired) electrons. The van der Waals surface area contributed by atoms with Gasteiger partial charge in [0, 0.05) is 17.6 Å². The Labute approximate surface area is 85.7 Å². The maximum absolute atomic E-state index is 13.1. The van der Waals surface area contributed by atoms with Crippen LogP contribution >= 0.6 is 0 Å². The highest BCUT2D eigenvalue weighted by atomic mass is 19.1. The van der Waals surface area contributed by atoms with Crippen LogP contribution < -0.4 is 4.74 Å². The van der Waals surface area contributed by atoms with Crippen molar-refractivity contribution in [2.24, 2.45) is 0 Å². The van der Waals surface area contributed by atoms with Crippen LogP contribution in [0.2, 0.25) is 0 Å². The summed E-state index contributed by atoms with van der Waals surface area (Å²) >= 11 is 0. The second-order valence-electron chi connectivity index (χ2n) is 3.02.